The number of nitrogens with zero attached hydrogens (tertiary/aromatic N) is 1. The highest BCUT2D eigenvalue weighted by Gasteiger charge is 2.42. The quantitative estimate of drug-likeness (QED) is 0.764. The van der Waals surface area contributed by atoms with Crippen LogP contribution in [0, 0.1) is 16.7 Å². The molecule has 1 fully saturated rings. The molecule has 0 aromatic heterocycles. The van der Waals surface area contributed by atoms with Gasteiger partial charge in [0.25, 0.3) is 0 Å². The van der Waals surface area contributed by atoms with Gasteiger partial charge in [-0.2, -0.15) is 5.26 Å². The van der Waals surface area contributed by atoms with Gasteiger partial charge in [-0.25, -0.2) is 0 Å². The number of hydrogen-bond donors (Lipinski definition) is 1. The molecule has 0 bridgehead atoms. The first-order valence-corrected chi connectivity index (χ1v) is 7.94. The summed E-state index contributed by atoms with van der Waals surface area (Å²) in [5, 5.41) is 12.3. The van der Waals surface area contributed by atoms with Gasteiger partial charge in [-0.1, -0.05) is 26.0 Å². The molecule has 2 nitrogen and oxygen atoms in total. The van der Waals surface area contributed by atoms with E-state index >= 15 is 0 Å². The molecule has 0 spiro atoms. The summed E-state index contributed by atoms with van der Waals surface area (Å²) in [6.45, 7) is 5.25. The molecule has 1 saturated carbocycles. The fraction of sp³-hybridized carbons (Fsp3) is 0.562. The van der Waals surface area contributed by atoms with Crippen molar-refractivity contribution in [2.45, 2.75) is 50.6 Å². The topological polar surface area (TPSA) is 35.8 Å². The van der Waals surface area contributed by atoms with Crippen molar-refractivity contribution in [1.82, 2.24) is 5.32 Å². The van der Waals surface area contributed by atoms with Crippen LogP contribution in [0.3, 0.4) is 0 Å². The first kappa shape index (κ1) is 14.4. The molecule has 19 heavy (non-hydrogen) atoms. The fourth-order valence-electron chi connectivity index (χ4n) is 2.02. The standard InChI is InChI=1S/C16H22N2S/c1-13(2)18-11-14-4-3-5-15(10-14)19-12-16(6-7-16)8-9-17/h3-5,10,13,18H,6-8,11-12H2,1-2H3. The minimum Gasteiger partial charge on any atom is -0.310 e. The van der Waals surface area contributed by atoms with Crippen LogP contribution in [0.4, 0.5) is 0 Å². The fourth-order valence-corrected chi connectivity index (χ4v) is 3.29. The zero-order chi connectivity index (χ0) is 13.7. The number of nitrogens with one attached hydrogen (secondary N) is 1. The summed E-state index contributed by atoms with van der Waals surface area (Å²) in [5.41, 5.74) is 1.66. The van der Waals surface area contributed by atoms with Gasteiger partial charge in [0.1, 0.15) is 0 Å². The van der Waals surface area contributed by atoms with Crippen molar-refractivity contribution < 1.29 is 0 Å². The van der Waals surface area contributed by atoms with E-state index in [0.29, 0.717) is 17.9 Å². The largest absolute Gasteiger partial charge is 0.310 e. The first-order chi connectivity index (χ1) is 9.13. The third-order valence-corrected chi connectivity index (χ3v) is 4.91. The molecule has 1 aliphatic rings. The second-order valence-corrected chi connectivity index (χ2v) is 6.86. The number of thioether (sulfide) groups is 1. The van der Waals surface area contributed by atoms with Crippen LogP contribution in [0.25, 0.3) is 0 Å². The summed E-state index contributed by atoms with van der Waals surface area (Å²) in [4.78, 5) is 1.33. The lowest BCUT2D eigenvalue weighted by Gasteiger charge is -2.12. The Hall–Kier alpha value is -0.980. The van der Waals surface area contributed by atoms with Gasteiger partial charge in [-0.15, -0.1) is 11.8 Å². The van der Waals surface area contributed by atoms with E-state index in [1.165, 1.54) is 23.3 Å². The maximum atomic E-state index is 8.84. The van der Waals surface area contributed by atoms with E-state index in [0.717, 1.165) is 12.3 Å². The lowest BCUT2D eigenvalue weighted by Crippen LogP contribution is -2.21. The zero-order valence-electron chi connectivity index (χ0n) is 11.8. The summed E-state index contributed by atoms with van der Waals surface area (Å²) in [6, 6.07) is 11.6. The number of rotatable bonds is 7. The molecule has 0 unspecified atom stereocenters. The Balaban J connectivity index is 1.87. The van der Waals surface area contributed by atoms with Crippen molar-refractivity contribution >= 4 is 11.8 Å². The SMILES string of the molecule is CC(C)NCc1cccc(SCC2(CC#N)CC2)c1. The normalized spacial score (nSPS) is 16.3. The predicted octanol–water partition coefficient (Wildman–Crippen LogP) is 3.97. The highest BCUT2D eigenvalue weighted by Crippen LogP contribution is 2.51. The summed E-state index contributed by atoms with van der Waals surface area (Å²) < 4.78 is 0. The van der Waals surface area contributed by atoms with Gasteiger partial charge in [0.15, 0.2) is 0 Å². The maximum Gasteiger partial charge on any atom is 0.0627 e. The molecule has 0 saturated heterocycles. The molecule has 1 aromatic carbocycles. The molecule has 1 aliphatic carbocycles. The molecule has 0 aliphatic heterocycles. The van der Waals surface area contributed by atoms with Crippen LogP contribution in [0.1, 0.15) is 38.7 Å². The van der Waals surface area contributed by atoms with E-state index in [-0.39, 0.29) is 0 Å². The highest BCUT2D eigenvalue weighted by molar-refractivity contribution is 7.99. The number of hydrogen-bond acceptors (Lipinski definition) is 3. The Morgan fingerprint density at radius 3 is 2.84 bits per heavy atom. The van der Waals surface area contributed by atoms with Crippen LogP contribution in [-0.4, -0.2) is 11.8 Å². The molecule has 0 amide bonds. The molecule has 3 heteroatoms. The van der Waals surface area contributed by atoms with Crippen LogP contribution < -0.4 is 5.32 Å². The molecular formula is C16H22N2S. The van der Waals surface area contributed by atoms with Gasteiger partial charge < -0.3 is 5.32 Å². The molecule has 0 heterocycles. The van der Waals surface area contributed by atoms with Crippen molar-refractivity contribution in [1.29, 1.82) is 5.26 Å². The summed E-state index contributed by atoms with van der Waals surface area (Å²) in [5.74, 6) is 1.08. The summed E-state index contributed by atoms with van der Waals surface area (Å²) in [6.07, 6.45) is 3.17. The zero-order valence-corrected chi connectivity index (χ0v) is 12.6. The maximum absolute atomic E-state index is 8.84. The Morgan fingerprint density at radius 2 is 2.21 bits per heavy atom. The third kappa shape index (κ3) is 4.56. The van der Waals surface area contributed by atoms with E-state index in [1.54, 1.807) is 0 Å². The van der Waals surface area contributed by atoms with Crippen molar-refractivity contribution in [2.24, 2.45) is 5.41 Å². The minimum absolute atomic E-state index is 0.325. The Kier molecular flexibility index (Phi) is 4.90. The van der Waals surface area contributed by atoms with Crippen molar-refractivity contribution in [3.05, 3.63) is 29.8 Å². The Morgan fingerprint density at radius 1 is 1.42 bits per heavy atom. The van der Waals surface area contributed by atoms with E-state index in [2.05, 4.69) is 49.5 Å². The van der Waals surface area contributed by atoms with E-state index < -0.39 is 0 Å². The molecule has 0 radical (unpaired) electrons. The Bertz CT molecular complexity index is 458. The second-order valence-electron chi connectivity index (χ2n) is 5.81. The van der Waals surface area contributed by atoms with Crippen molar-refractivity contribution in [3.8, 4) is 6.07 Å². The van der Waals surface area contributed by atoms with Gasteiger partial charge in [-0.05, 0) is 36.0 Å². The van der Waals surface area contributed by atoms with E-state index in [9.17, 15) is 0 Å². The third-order valence-electron chi connectivity index (χ3n) is 3.57. The molecule has 2 rings (SSSR count). The molecule has 102 valence electrons. The van der Waals surface area contributed by atoms with E-state index in [4.69, 9.17) is 5.26 Å². The number of benzene rings is 1. The Labute approximate surface area is 120 Å². The van der Waals surface area contributed by atoms with Crippen LogP contribution in [0.15, 0.2) is 29.2 Å². The molecule has 1 N–H and O–H groups in total. The average Bonchev–Trinajstić information content (AvgIpc) is 3.15. The minimum atomic E-state index is 0.325. The van der Waals surface area contributed by atoms with Gasteiger partial charge in [-0.3, -0.25) is 0 Å². The molecule has 1 aromatic rings. The average molecular weight is 274 g/mol. The van der Waals surface area contributed by atoms with Gasteiger partial charge in [0, 0.05) is 29.7 Å². The summed E-state index contributed by atoms with van der Waals surface area (Å²) >= 11 is 1.90. The lowest BCUT2D eigenvalue weighted by molar-refractivity contribution is 0.588. The number of nitriles is 1. The van der Waals surface area contributed by atoms with Gasteiger partial charge >= 0.3 is 0 Å². The second kappa shape index (κ2) is 6.45. The first-order valence-electron chi connectivity index (χ1n) is 6.96. The van der Waals surface area contributed by atoms with Crippen molar-refractivity contribution in [3.63, 3.8) is 0 Å². The smallest absolute Gasteiger partial charge is 0.0627 e. The highest BCUT2D eigenvalue weighted by atomic mass is 32.2. The van der Waals surface area contributed by atoms with Crippen molar-refractivity contribution in [2.75, 3.05) is 5.75 Å². The molecule has 0 atom stereocenters. The lowest BCUT2D eigenvalue weighted by atomic mass is 10.1. The van der Waals surface area contributed by atoms with Gasteiger partial charge in [0.05, 0.1) is 6.07 Å². The van der Waals surface area contributed by atoms with Crippen LogP contribution in [-0.2, 0) is 6.54 Å². The monoisotopic (exact) mass is 274 g/mol. The van der Waals surface area contributed by atoms with Crippen LogP contribution >= 0.6 is 11.8 Å². The predicted molar refractivity (Wildman–Crippen MR) is 81.0 cm³/mol. The van der Waals surface area contributed by atoms with Crippen LogP contribution in [0.5, 0.6) is 0 Å². The van der Waals surface area contributed by atoms with Crippen LogP contribution in [0.2, 0.25) is 0 Å². The van der Waals surface area contributed by atoms with Gasteiger partial charge in [0.2, 0.25) is 0 Å². The van der Waals surface area contributed by atoms with E-state index in [1.807, 2.05) is 11.8 Å². The molecular weight excluding hydrogens is 252 g/mol. The summed E-state index contributed by atoms with van der Waals surface area (Å²) in [7, 11) is 0.